The molecule has 3 rings (SSSR count). The number of likely N-dealkylation sites (tertiary alicyclic amines) is 1. The Hall–Kier alpha value is -4.97. The second-order valence-electron chi connectivity index (χ2n) is 10.4. The van der Waals surface area contributed by atoms with E-state index in [4.69, 9.17) is 9.84 Å². The number of rotatable bonds is 17. The van der Waals surface area contributed by atoms with E-state index in [-0.39, 0.29) is 36.4 Å². The minimum atomic E-state index is -2.25. The second-order valence-corrected chi connectivity index (χ2v) is 10.4. The minimum Gasteiger partial charge on any atom is -0.479 e. The zero-order valence-corrected chi connectivity index (χ0v) is 25.0. The van der Waals surface area contributed by atoms with E-state index in [0.29, 0.717) is 6.42 Å². The summed E-state index contributed by atoms with van der Waals surface area (Å²) in [7, 11) is 0.950. The summed E-state index contributed by atoms with van der Waals surface area (Å²) in [6, 6.07) is 12.7. The quantitative estimate of drug-likeness (QED) is 0.0736. The van der Waals surface area contributed by atoms with Crippen LogP contribution >= 0.6 is 0 Å². The van der Waals surface area contributed by atoms with Gasteiger partial charge in [0.2, 0.25) is 29.9 Å². The Morgan fingerprint density at radius 1 is 1.00 bits per heavy atom. The van der Waals surface area contributed by atoms with Crippen molar-refractivity contribution in [2.75, 3.05) is 25.5 Å². The molecule has 4 amide bonds. The predicted octanol–water partition coefficient (Wildman–Crippen LogP) is -0.126. The normalized spacial score (nSPS) is 17.0. The number of amides is 4. The fraction of sp³-hybridized carbons (Fsp3) is 0.400. The highest BCUT2D eigenvalue weighted by Crippen LogP contribution is 2.28. The van der Waals surface area contributed by atoms with E-state index in [2.05, 4.69) is 20.1 Å². The summed E-state index contributed by atoms with van der Waals surface area (Å²) in [5.74, 6) is -4.83. The highest BCUT2D eigenvalue weighted by atomic mass is 19.1. The molecule has 0 radical (unpaired) electrons. The predicted molar refractivity (Wildman–Crippen MR) is 156 cm³/mol. The van der Waals surface area contributed by atoms with Crippen LogP contribution < -0.4 is 15.4 Å². The molecule has 1 aliphatic rings. The van der Waals surface area contributed by atoms with Crippen molar-refractivity contribution >= 4 is 41.5 Å². The third-order valence-electron chi connectivity index (χ3n) is 7.04. The van der Waals surface area contributed by atoms with Crippen LogP contribution in [0.1, 0.15) is 24.0 Å². The van der Waals surface area contributed by atoms with Crippen LogP contribution in [0.2, 0.25) is 0 Å². The number of carboxylic acid groups (broad SMARTS) is 1. The number of hydrogen-bond acceptors (Lipinski definition) is 12. The number of halogens is 1. The molecule has 0 spiro atoms. The number of carbonyl (C=O) groups is 6. The summed E-state index contributed by atoms with van der Waals surface area (Å²) in [6.07, 6.45) is -10.5. The van der Waals surface area contributed by atoms with Gasteiger partial charge in [-0.05, 0) is 29.7 Å². The molecule has 0 saturated carbocycles. The van der Waals surface area contributed by atoms with E-state index < -0.39 is 79.5 Å². The monoisotopic (exact) mass is 663 g/mol. The van der Waals surface area contributed by atoms with Gasteiger partial charge in [0, 0.05) is 26.5 Å². The smallest absolute Gasteiger partial charge is 0.479 e. The Morgan fingerprint density at radius 3 is 2.34 bits per heavy atom. The van der Waals surface area contributed by atoms with Gasteiger partial charge in [0.25, 0.3) is 0 Å². The van der Waals surface area contributed by atoms with Gasteiger partial charge < -0.3 is 45.3 Å². The summed E-state index contributed by atoms with van der Waals surface area (Å²) in [5.41, 5.74) is 0.804. The molecule has 0 aromatic heterocycles. The summed E-state index contributed by atoms with van der Waals surface area (Å²) < 4.78 is 26.7. The molecule has 5 atom stereocenters. The zero-order chi connectivity index (χ0) is 34.7. The Labute approximate surface area is 267 Å². The van der Waals surface area contributed by atoms with Crippen molar-refractivity contribution in [2.45, 2.75) is 50.5 Å². The van der Waals surface area contributed by atoms with Crippen LogP contribution in [0, 0.1) is 5.92 Å². The van der Waals surface area contributed by atoms with Crippen LogP contribution in [-0.2, 0) is 46.5 Å². The number of anilines is 1. The van der Waals surface area contributed by atoms with Crippen LogP contribution in [-0.4, -0.2) is 106 Å². The number of carboxylic acids is 1. The van der Waals surface area contributed by atoms with Gasteiger partial charge in [-0.2, -0.15) is 0 Å². The molecule has 47 heavy (non-hydrogen) atoms. The van der Waals surface area contributed by atoms with Crippen molar-refractivity contribution in [3.8, 4) is 5.75 Å². The van der Waals surface area contributed by atoms with Crippen molar-refractivity contribution in [1.29, 1.82) is 0 Å². The Morgan fingerprint density at radius 2 is 1.70 bits per heavy atom. The largest absolute Gasteiger partial charge is 0.495 e. The molecular weight excluding hydrogens is 629 g/mol. The van der Waals surface area contributed by atoms with Crippen molar-refractivity contribution in [3.63, 3.8) is 0 Å². The van der Waals surface area contributed by atoms with Crippen LogP contribution in [0.3, 0.4) is 0 Å². The molecule has 254 valence electrons. The molecule has 5 unspecified atom stereocenters. The maximum Gasteiger partial charge on any atom is 0.495 e. The molecule has 1 fully saturated rings. The zero-order valence-electron chi connectivity index (χ0n) is 25.0. The first-order valence-electron chi connectivity index (χ1n) is 14.2. The fourth-order valence-corrected chi connectivity index (χ4v) is 4.66. The van der Waals surface area contributed by atoms with Crippen LogP contribution in [0.25, 0.3) is 0 Å². The highest BCUT2D eigenvalue weighted by Gasteiger charge is 2.39. The summed E-state index contributed by atoms with van der Waals surface area (Å²) in [6.45, 7) is -1.38. The van der Waals surface area contributed by atoms with Gasteiger partial charge in [0.05, 0.1) is 18.2 Å². The number of methoxy groups -OCH3 is 1. The number of aliphatic hydroxyl groups is 3. The topological polar surface area (TPSA) is 238 Å². The van der Waals surface area contributed by atoms with Crippen LogP contribution in [0.15, 0.2) is 48.5 Å². The molecule has 2 aromatic rings. The molecule has 6 N–H and O–H groups in total. The average molecular weight is 664 g/mol. The molecule has 16 nitrogen and oxygen atoms in total. The van der Waals surface area contributed by atoms with Crippen molar-refractivity contribution in [3.05, 3.63) is 59.7 Å². The van der Waals surface area contributed by atoms with Gasteiger partial charge in [-0.1, -0.05) is 36.4 Å². The first kappa shape index (κ1) is 36.5. The maximum atomic E-state index is 12.7. The van der Waals surface area contributed by atoms with E-state index in [1.54, 1.807) is 0 Å². The minimum absolute atomic E-state index is 0.0168. The van der Waals surface area contributed by atoms with E-state index in [1.807, 2.05) is 30.3 Å². The lowest BCUT2D eigenvalue weighted by atomic mass is 9.98. The third kappa shape index (κ3) is 10.5. The van der Waals surface area contributed by atoms with Crippen LogP contribution in [0.5, 0.6) is 5.75 Å². The number of benzene rings is 2. The SMILES string of the molecule is COC(C(=O)O)C(O)C(O)C(O)Oc1ccc(COC(=O)F)cc1NC(=O)CNC(=O)CCN1C(=O)CC(Cc2ccccc2)C1=O. The second kappa shape index (κ2) is 17.1. The number of imide groups is 1. The van der Waals surface area contributed by atoms with Crippen molar-refractivity contribution in [2.24, 2.45) is 5.92 Å². The first-order valence-corrected chi connectivity index (χ1v) is 14.2. The summed E-state index contributed by atoms with van der Waals surface area (Å²) in [4.78, 5) is 73.1. The number of nitrogens with zero attached hydrogens (tertiary/aromatic N) is 1. The molecule has 0 bridgehead atoms. The molecule has 17 heteroatoms. The molecule has 1 saturated heterocycles. The Bertz CT molecular complexity index is 1460. The average Bonchev–Trinajstić information content (AvgIpc) is 3.29. The van der Waals surface area contributed by atoms with Crippen LogP contribution in [0.4, 0.5) is 14.9 Å². The number of aliphatic hydroxyl groups excluding tert-OH is 3. The summed E-state index contributed by atoms with van der Waals surface area (Å²) in [5, 5.41) is 44.4. The van der Waals surface area contributed by atoms with Gasteiger partial charge in [-0.25, -0.2) is 9.59 Å². The van der Waals surface area contributed by atoms with Gasteiger partial charge >= 0.3 is 12.2 Å². The molecule has 1 aliphatic heterocycles. The molecular formula is C30H34FN3O13. The first-order chi connectivity index (χ1) is 22.3. The Kier molecular flexibility index (Phi) is 13.3. The van der Waals surface area contributed by atoms with Gasteiger partial charge in [-0.3, -0.25) is 24.1 Å². The van der Waals surface area contributed by atoms with E-state index in [9.17, 15) is 48.5 Å². The van der Waals surface area contributed by atoms with Gasteiger partial charge in [0.1, 0.15) is 24.6 Å². The van der Waals surface area contributed by atoms with Gasteiger partial charge in [0.15, 0.2) is 6.10 Å². The Balaban J connectivity index is 1.59. The lowest BCUT2D eigenvalue weighted by Gasteiger charge is -2.27. The highest BCUT2D eigenvalue weighted by molar-refractivity contribution is 6.04. The fourth-order valence-electron chi connectivity index (χ4n) is 4.66. The maximum absolute atomic E-state index is 12.7. The van der Waals surface area contributed by atoms with E-state index in [0.717, 1.165) is 29.7 Å². The van der Waals surface area contributed by atoms with Crippen molar-refractivity contribution in [1.82, 2.24) is 10.2 Å². The van der Waals surface area contributed by atoms with E-state index >= 15 is 0 Å². The lowest BCUT2D eigenvalue weighted by molar-refractivity contribution is -0.184. The number of aliphatic carboxylic acids is 1. The number of nitrogens with one attached hydrogen (secondary N) is 2. The standard InChI is InChI=1S/C30H34FN3O13/c1-45-26(28(41)42)24(38)25(39)29(43)47-20-8-7-17(15-46-30(31)44)12-19(20)33-22(36)14-32-21(35)9-10-34-23(37)13-18(27(34)40)11-16-5-3-2-4-6-16/h2-8,12,18,24-26,29,38-39,43H,9-11,13-15H2,1H3,(H,32,35)(H,33,36)(H,41,42). The molecule has 0 aliphatic carbocycles. The van der Waals surface area contributed by atoms with Gasteiger partial charge in [-0.15, -0.1) is 4.39 Å². The lowest BCUT2D eigenvalue weighted by Crippen LogP contribution is -2.50. The van der Waals surface area contributed by atoms with E-state index in [1.165, 1.54) is 6.07 Å². The summed E-state index contributed by atoms with van der Waals surface area (Å²) >= 11 is 0. The number of ether oxygens (including phenoxy) is 3. The molecule has 1 heterocycles. The number of carbonyl (C=O) groups excluding carboxylic acids is 5. The van der Waals surface area contributed by atoms with Crippen molar-refractivity contribution < 1.29 is 67.8 Å². The third-order valence-corrected chi connectivity index (χ3v) is 7.04. The molecule has 2 aromatic carbocycles. The number of hydrogen-bond donors (Lipinski definition) is 6.